The molecule has 5 nitrogen and oxygen atoms in total. The molecule has 0 unspecified atom stereocenters. The van der Waals surface area contributed by atoms with Gasteiger partial charge in [0.15, 0.2) is 5.15 Å². The van der Waals surface area contributed by atoms with E-state index in [1.54, 1.807) is 0 Å². The second-order valence-electron chi connectivity index (χ2n) is 3.96. The van der Waals surface area contributed by atoms with Crippen LogP contribution < -0.4 is 11.3 Å². The summed E-state index contributed by atoms with van der Waals surface area (Å²) in [7, 11) is 0. The smallest absolute Gasteiger partial charge is 0.278 e. The third-order valence-electron chi connectivity index (χ3n) is 2.82. The Morgan fingerprint density at radius 1 is 1.56 bits per heavy atom. The van der Waals surface area contributed by atoms with Gasteiger partial charge in [-0.15, -0.1) is 0 Å². The molecule has 88 valence electrons. The summed E-state index contributed by atoms with van der Waals surface area (Å²) in [6, 6.07) is 0. The molecule has 1 aliphatic rings. The first-order chi connectivity index (χ1) is 7.68. The van der Waals surface area contributed by atoms with Crippen LogP contribution in [0, 0.1) is 5.92 Å². The lowest BCUT2D eigenvalue weighted by Gasteiger charge is -2.22. The second kappa shape index (κ2) is 4.84. The van der Waals surface area contributed by atoms with Crippen LogP contribution in [0.2, 0.25) is 5.15 Å². The quantitative estimate of drug-likeness (QED) is 0.784. The maximum Gasteiger partial charge on any atom is 0.278 e. The van der Waals surface area contributed by atoms with Crippen LogP contribution in [0.1, 0.15) is 12.8 Å². The predicted octanol–water partition coefficient (Wildman–Crippen LogP) is 0.905. The van der Waals surface area contributed by atoms with E-state index in [9.17, 15) is 4.79 Å². The summed E-state index contributed by atoms with van der Waals surface area (Å²) in [5.41, 5.74) is 5.30. The summed E-state index contributed by atoms with van der Waals surface area (Å²) in [5.74, 6) is 0.453. The summed E-state index contributed by atoms with van der Waals surface area (Å²) >= 11 is 5.66. The van der Waals surface area contributed by atoms with Crippen molar-refractivity contribution in [2.75, 3.05) is 18.9 Å². The van der Waals surface area contributed by atoms with Gasteiger partial charge >= 0.3 is 0 Å². The van der Waals surface area contributed by atoms with Gasteiger partial charge in [-0.1, -0.05) is 11.6 Å². The van der Waals surface area contributed by atoms with Crippen molar-refractivity contribution in [3.63, 3.8) is 0 Å². The number of aromatic nitrogens is 2. The van der Waals surface area contributed by atoms with E-state index in [2.05, 4.69) is 4.98 Å². The highest BCUT2D eigenvalue weighted by atomic mass is 35.5. The predicted molar refractivity (Wildman–Crippen MR) is 61.5 cm³/mol. The van der Waals surface area contributed by atoms with E-state index in [1.165, 1.54) is 10.9 Å². The van der Waals surface area contributed by atoms with Crippen molar-refractivity contribution in [3.05, 3.63) is 21.8 Å². The van der Waals surface area contributed by atoms with Gasteiger partial charge in [-0.3, -0.25) is 9.36 Å². The standard InChI is InChI=1S/C10H14ClN3O2/c11-9-8(12)10(15)14(6-13-9)5-7-1-3-16-4-2-7/h6-7H,1-5,12H2. The molecular weight excluding hydrogens is 230 g/mol. The molecule has 0 aliphatic carbocycles. The first-order valence-electron chi connectivity index (χ1n) is 5.26. The normalized spacial score (nSPS) is 17.6. The van der Waals surface area contributed by atoms with E-state index in [0.29, 0.717) is 12.5 Å². The summed E-state index contributed by atoms with van der Waals surface area (Å²) in [6.45, 7) is 2.16. The van der Waals surface area contributed by atoms with Crippen LogP contribution in [0.3, 0.4) is 0 Å². The van der Waals surface area contributed by atoms with E-state index in [1.807, 2.05) is 0 Å². The Balaban J connectivity index is 2.15. The maximum atomic E-state index is 11.7. The van der Waals surface area contributed by atoms with E-state index in [-0.39, 0.29) is 16.4 Å². The van der Waals surface area contributed by atoms with Gasteiger partial charge in [0.25, 0.3) is 5.56 Å². The van der Waals surface area contributed by atoms with E-state index in [0.717, 1.165) is 26.1 Å². The summed E-state index contributed by atoms with van der Waals surface area (Å²) < 4.78 is 6.79. The average Bonchev–Trinajstić information content (AvgIpc) is 2.31. The molecule has 0 radical (unpaired) electrons. The van der Waals surface area contributed by atoms with Crippen LogP contribution >= 0.6 is 11.6 Å². The summed E-state index contributed by atoms with van der Waals surface area (Å²) in [5, 5.41) is 0.0771. The minimum atomic E-state index is -0.258. The van der Waals surface area contributed by atoms with E-state index in [4.69, 9.17) is 22.1 Å². The monoisotopic (exact) mass is 243 g/mol. The topological polar surface area (TPSA) is 70.1 Å². The fourth-order valence-electron chi connectivity index (χ4n) is 1.82. The Hall–Kier alpha value is -1.07. The van der Waals surface area contributed by atoms with Gasteiger partial charge in [-0.05, 0) is 18.8 Å². The highest BCUT2D eigenvalue weighted by molar-refractivity contribution is 6.31. The summed E-state index contributed by atoms with van der Waals surface area (Å²) in [6.07, 6.45) is 3.39. The molecule has 6 heteroatoms. The molecule has 0 aromatic carbocycles. The van der Waals surface area contributed by atoms with Gasteiger partial charge in [-0.2, -0.15) is 0 Å². The molecule has 2 N–H and O–H groups in total. The molecule has 2 rings (SSSR count). The number of ether oxygens (including phenoxy) is 1. The first kappa shape index (κ1) is 11.4. The Morgan fingerprint density at radius 2 is 2.25 bits per heavy atom. The minimum Gasteiger partial charge on any atom is -0.392 e. The van der Waals surface area contributed by atoms with Gasteiger partial charge in [-0.25, -0.2) is 4.98 Å². The van der Waals surface area contributed by atoms with Crippen LogP contribution in [0.4, 0.5) is 5.69 Å². The zero-order valence-electron chi connectivity index (χ0n) is 8.86. The summed E-state index contributed by atoms with van der Waals surface area (Å²) in [4.78, 5) is 15.6. The fraction of sp³-hybridized carbons (Fsp3) is 0.600. The minimum absolute atomic E-state index is 0.0243. The lowest BCUT2D eigenvalue weighted by Crippen LogP contribution is -2.29. The molecule has 0 atom stereocenters. The number of anilines is 1. The average molecular weight is 244 g/mol. The number of hydrogen-bond donors (Lipinski definition) is 1. The van der Waals surface area contributed by atoms with Crippen LogP contribution in [-0.2, 0) is 11.3 Å². The lowest BCUT2D eigenvalue weighted by molar-refractivity contribution is 0.0609. The Kier molecular flexibility index (Phi) is 3.46. The molecule has 1 aromatic rings. The SMILES string of the molecule is Nc1c(Cl)ncn(CC2CCOCC2)c1=O. The largest absolute Gasteiger partial charge is 0.392 e. The number of nitrogens with zero attached hydrogens (tertiary/aromatic N) is 2. The third-order valence-corrected chi connectivity index (χ3v) is 3.12. The molecule has 1 aromatic heterocycles. The molecule has 0 amide bonds. The first-order valence-corrected chi connectivity index (χ1v) is 5.64. The van der Waals surface area contributed by atoms with Crippen molar-refractivity contribution in [1.29, 1.82) is 0 Å². The zero-order valence-corrected chi connectivity index (χ0v) is 9.61. The number of hydrogen-bond acceptors (Lipinski definition) is 4. The van der Waals surface area contributed by atoms with Crippen LogP contribution in [-0.4, -0.2) is 22.8 Å². The van der Waals surface area contributed by atoms with Crippen molar-refractivity contribution in [1.82, 2.24) is 9.55 Å². The van der Waals surface area contributed by atoms with E-state index >= 15 is 0 Å². The number of nitrogen functional groups attached to an aromatic ring is 1. The molecule has 0 bridgehead atoms. The van der Waals surface area contributed by atoms with E-state index < -0.39 is 0 Å². The van der Waals surface area contributed by atoms with Gasteiger partial charge in [0.05, 0.1) is 6.33 Å². The molecule has 1 saturated heterocycles. The highest BCUT2D eigenvalue weighted by Crippen LogP contribution is 2.16. The zero-order chi connectivity index (χ0) is 11.5. The van der Waals surface area contributed by atoms with Crippen molar-refractivity contribution < 1.29 is 4.74 Å². The van der Waals surface area contributed by atoms with Crippen molar-refractivity contribution in [3.8, 4) is 0 Å². The highest BCUT2D eigenvalue weighted by Gasteiger charge is 2.16. The molecule has 0 saturated carbocycles. The molecule has 0 spiro atoms. The van der Waals surface area contributed by atoms with Crippen molar-refractivity contribution in [2.24, 2.45) is 5.92 Å². The van der Waals surface area contributed by atoms with Gasteiger partial charge < -0.3 is 10.5 Å². The molecule has 2 heterocycles. The van der Waals surface area contributed by atoms with Crippen LogP contribution in [0.5, 0.6) is 0 Å². The Bertz CT molecular complexity index is 427. The maximum absolute atomic E-state index is 11.7. The van der Waals surface area contributed by atoms with Crippen molar-refractivity contribution in [2.45, 2.75) is 19.4 Å². The van der Waals surface area contributed by atoms with Crippen LogP contribution in [0.15, 0.2) is 11.1 Å². The van der Waals surface area contributed by atoms with Crippen LogP contribution in [0.25, 0.3) is 0 Å². The van der Waals surface area contributed by atoms with Crippen molar-refractivity contribution >= 4 is 17.3 Å². The molecule has 16 heavy (non-hydrogen) atoms. The lowest BCUT2D eigenvalue weighted by atomic mass is 10.0. The van der Waals surface area contributed by atoms with Gasteiger partial charge in [0.1, 0.15) is 5.69 Å². The Morgan fingerprint density at radius 3 is 2.94 bits per heavy atom. The Labute approximate surface area is 98.2 Å². The number of halogens is 1. The third kappa shape index (κ3) is 2.36. The number of rotatable bonds is 2. The number of nitrogens with two attached hydrogens (primary N) is 1. The molecule has 1 fully saturated rings. The second-order valence-corrected chi connectivity index (χ2v) is 4.32. The molecular formula is C10H14ClN3O2. The fourth-order valence-corrected chi connectivity index (χ4v) is 1.95. The van der Waals surface area contributed by atoms with Gasteiger partial charge in [0, 0.05) is 19.8 Å². The molecule has 1 aliphatic heterocycles. The van der Waals surface area contributed by atoms with Gasteiger partial charge in [0.2, 0.25) is 0 Å².